The first-order chi connectivity index (χ1) is 10.6. The predicted octanol–water partition coefficient (Wildman–Crippen LogP) is 4.11. The molecule has 22 heavy (non-hydrogen) atoms. The van der Waals surface area contributed by atoms with Gasteiger partial charge in [0.1, 0.15) is 6.61 Å². The minimum absolute atomic E-state index is 0.153. The third kappa shape index (κ3) is 2.85. The molecule has 0 aromatic heterocycles. The maximum atomic E-state index is 5.88. The summed E-state index contributed by atoms with van der Waals surface area (Å²) < 4.78 is 5.88. The van der Waals surface area contributed by atoms with E-state index in [-0.39, 0.29) is 17.4 Å². The lowest BCUT2D eigenvalue weighted by molar-refractivity contribution is 0.277. The minimum Gasteiger partial charge on any atom is -0.475 e. The van der Waals surface area contributed by atoms with Crippen molar-refractivity contribution in [1.29, 1.82) is 0 Å². The Labute approximate surface area is 132 Å². The van der Waals surface area contributed by atoms with Crippen LogP contribution in [-0.2, 0) is 4.74 Å². The highest BCUT2D eigenvalue weighted by Gasteiger charge is 2.35. The molecule has 0 radical (unpaired) electrons. The quantitative estimate of drug-likeness (QED) is 0.768. The Kier molecular flexibility index (Phi) is 3.90. The van der Waals surface area contributed by atoms with Crippen molar-refractivity contribution in [2.45, 2.75) is 31.7 Å². The standard InChI is InChI=1S/C20H21NO/c1-4-9-15-12-8-13-17(19-21-20(2,3)14-22-19)18(15)16-10-6-5-7-11-16/h1,5-8,10-13,15,18H,9,14H2,2-3H3/t15-,18-/m0/s1. The number of aliphatic imine (C=N–C) groups is 1. The number of rotatable bonds is 3. The van der Waals surface area contributed by atoms with Gasteiger partial charge in [0.2, 0.25) is 5.90 Å². The molecule has 0 spiro atoms. The number of hydrogen-bond donors (Lipinski definition) is 0. The molecule has 3 rings (SSSR count). The topological polar surface area (TPSA) is 21.6 Å². The zero-order valence-electron chi connectivity index (χ0n) is 13.1. The van der Waals surface area contributed by atoms with Crippen molar-refractivity contribution in [2.75, 3.05) is 6.61 Å². The summed E-state index contributed by atoms with van der Waals surface area (Å²) in [6.07, 6.45) is 12.7. The minimum atomic E-state index is -0.153. The monoisotopic (exact) mass is 291 g/mol. The Morgan fingerprint density at radius 3 is 2.73 bits per heavy atom. The SMILES string of the molecule is C#CC[C@H]1C=CC=C(C2=NC(C)(C)CO2)[C@@H]1c1ccccc1. The van der Waals surface area contributed by atoms with Crippen molar-refractivity contribution in [1.82, 2.24) is 0 Å². The lowest BCUT2D eigenvalue weighted by Gasteiger charge is -2.28. The van der Waals surface area contributed by atoms with Gasteiger partial charge in [-0.15, -0.1) is 12.3 Å². The van der Waals surface area contributed by atoms with Gasteiger partial charge in [0.25, 0.3) is 0 Å². The van der Waals surface area contributed by atoms with Crippen LogP contribution in [0.5, 0.6) is 0 Å². The molecule has 1 heterocycles. The summed E-state index contributed by atoms with van der Waals surface area (Å²) in [6.45, 7) is 4.82. The summed E-state index contributed by atoms with van der Waals surface area (Å²) in [6, 6.07) is 10.5. The fraction of sp³-hybridized carbons (Fsp3) is 0.350. The average molecular weight is 291 g/mol. The number of benzene rings is 1. The molecule has 0 unspecified atom stereocenters. The summed E-state index contributed by atoms with van der Waals surface area (Å²) in [5.41, 5.74) is 2.24. The number of hydrogen-bond acceptors (Lipinski definition) is 2. The van der Waals surface area contributed by atoms with Crippen molar-refractivity contribution < 1.29 is 4.74 Å². The van der Waals surface area contributed by atoms with Crippen LogP contribution in [0.1, 0.15) is 31.7 Å². The van der Waals surface area contributed by atoms with Crippen LogP contribution < -0.4 is 0 Å². The van der Waals surface area contributed by atoms with Crippen molar-refractivity contribution in [3.63, 3.8) is 0 Å². The Hall–Kier alpha value is -2.27. The molecule has 2 atom stereocenters. The van der Waals surface area contributed by atoms with E-state index >= 15 is 0 Å². The molecule has 0 fully saturated rings. The zero-order chi connectivity index (χ0) is 15.6. The highest BCUT2D eigenvalue weighted by Crippen LogP contribution is 2.39. The molecule has 0 amide bonds. The van der Waals surface area contributed by atoms with E-state index in [1.54, 1.807) is 0 Å². The van der Waals surface area contributed by atoms with Gasteiger partial charge in [-0.3, -0.25) is 0 Å². The molecule has 0 bridgehead atoms. The van der Waals surface area contributed by atoms with Gasteiger partial charge in [0, 0.05) is 17.9 Å². The molecular formula is C20H21NO. The molecule has 1 aromatic rings. The molecule has 2 nitrogen and oxygen atoms in total. The molecule has 0 saturated carbocycles. The first kappa shape index (κ1) is 14.7. The van der Waals surface area contributed by atoms with Gasteiger partial charge < -0.3 is 4.74 Å². The largest absolute Gasteiger partial charge is 0.475 e. The molecular weight excluding hydrogens is 270 g/mol. The number of ether oxygens (including phenoxy) is 1. The Balaban J connectivity index is 2.01. The highest BCUT2D eigenvalue weighted by molar-refractivity contribution is 5.97. The fourth-order valence-corrected chi connectivity index (χ4v) is 3.09. The van der Waals surface area contributed by atoms with Crippen molar-refractivity contribution in [3.8, 4) is 12.3 Å². The second kappa shape index (κ2) is 5.85. The third-order valence-electron chi connectivity index (χ3n) is 4.12. The predicted molar refractivity (Wildman–Crippen MR) is 90.8 cm³/mol. The number of nitrogens with zero attached hydrogens (tertiary/aromatic N) is 1. The normalized spacial score (nSPS) is 25.9. The van der Waals surface area contributed by atoms with Gasteiger partial charge in [-0.25, -0.2) is 4.99 Å². The fourth-order valence-electron chi connectivity index (χ4n) is 3.09. The van der Waals surface area contributed by atoms with E-state index in [4.69, 9.17) is 16.2 Å². The van der Waals surface area contributed by atoms with Gasteiger partial charge in [-0.05, 0) is 25.3 Å². The van der Waals surface area contributed by atoms with Crippen molar-refractivity contribution in [3.05, 3.63) is 59.7 Å². The molecule has 1 aliphatic heterocycles. The summed E-state index contributed by atoms with van der Waals surface area (Å²) in [5.74, 6) is 4.06. The van der Waals surface area contributed by atoms with Crippen molar-refractivity contribution in [2.24, 2.45) is 10.9 Å². The van der Waals surface area contributed by atoms with Crippen LogP contribution in [0.4, 0.5) is 0 Å². The van der Waals surface area contributed by atoms with Crippen LogP contribution in [0.25, 0.3) is 0 Å². The van der Waals surface area contributed by atoms with Gasteiger partial charge in [-0.1, -0.05) is 48.6 Å². The molecule has 112 valence electrons. The number of terminal acetylenes is 1. The smallest absolute Gasteiger partial charge is 0.213 e. The van der Waals surface area contributed by atoms with Gasteiger partial charge in [0.15, 0.2) is 0 Å². The van der Waals surface area contributed by atoms with Crippen LogP contribution in [0.3, 0.4) is 0 Å². The Morgan fingerprint density at radius 1 is 1.32 bits per heavy atom. The van der Waals surface area contributed by atoms with E-state index in [2.05, 4.69) is 62.3 Å². The maximum absolute atomic E-state index is 5.88. The van der Waals surface area contributed by atoms with Crippen LogP contribution in [0.15, 0.2) is 59.1 Å². The lowest BCUT2D eigenvalue weighted by Crippen LogP contribution is -2.21. The molecule has 1 aliphatic carbocycles. The van der Waals surface area contributed by atoms with Crippen molar-refractivity contribution >= 4 is 5.90 Å². The summed E-state index contributed by atoms with van der Waals surface area (Å²) in [5, 5.41) is 0. The van der Waals surface area contributed by atoms with Crippen LogP contribution in [0, 0.1) is 18.3 Å². The first-order valence-electron chi connectivity index (χ1n) is 7.70. The first-order valence-corrected chi connectivity index (χ1v) is 7.70. The highest BCUT2D eigenvalue weighted by atomic mass is 16.5. The summed E-state index contributed by atoms with van der Waals surface area (Å²) >= 11 is 0. The van der Waals surface area contributed by atoms with Gasteiger partial charge in [0.05, 0.1) is 5.54 Å². The van der Waals surface area contributed by atoms with E-state index in [1.807, 2.05) is 6.07 Å². The lowest BCUT2D eigenvalue weighted by atomic mass is 9.76. The summed E-state index contributed by atoms with van der Waals surface area (Å²) in [4.78, 5) is 4.76. The molecule has 2 aliphatic rings. The Bertz CT molecular complexity index is 673. The Morgan fingerprint density at radius 2 is 2.09 bits per heavy atom. The van der Waals surface area contributed by atoms with E-state index in [1.165, 1.54) is 5.56 Å². The van der Waals surface area contributed by atoms with Crippen LogP contribution in [0.2, 0.25) is 0 Å². The molecule has 0 N–H and O–H groups in total. The van der Waals surface area contributed by atoms with E-state index < -0.39 is 0 Å². The molecule has 1 aromatic carbocycles. The summed E-state index contributed by atoms with van der Waals surface area (Å²) in [7, 11) is 0. The third-order valence-corrected chi connectivity index (χ3v) is 4.12. The maximum Gasteiger partial charge on any atom is 0.213 e. The zero-order valence-corrected chi connectivity index (χ0v) is 13.1. The average Bonchev–Trinajstić information content (AvgIpc) is 2.88. The second-order valence-corrected chi connectivity index (χ2v) is 6.49. The van der Waals surface area contributed by atoms with Gasteiger partial charge >= 0.3 is 0 Å². The van der Waals surface area contributed by atoms with Gasteiger partial charge in [-0.2, -0.15) is 0 Å². The van der Waals surface area contributed by atoms with E-state index in [9.17, 15) is 0 Å². The van der Waals surface area contributed by atoms with Crippen LogP contribution >= 0.6 is 0 Å². The van der Waals surface area contributed by atoms with E-state index in [0.717, 1.165) is 11.5 Å². The molecule has 2 heteroatoms. The number of allylic oxidation sites excluding steroid dienone is 3. The molecule has 0 saturated heterocycles. The van der Waals surface area contributed by atoms with Crippen LogP contribution in [-0.4, -0.2) is 18.0 Å². The second-order valence-electron chi connectivity index (χ2n) is 6.49. The van der Waals surface area contributed by atoms with E-state index in [0.29, 0.717) is 13.0 Å².